The van der Waals surface area contributed by atoms with E-state index in [4.69, 9.17) is 0 Å². The molecule has 0 amide bonds. The first-order chi connectivity index (χ1) is 19.9. The monoisotopic (exact) mass is 534 g/mol. The number of rotatable bonds is 3. The van der Waals surface area contributed by atoms with E-state index >= 15 is 0 Å². The van der Waals surface area contributed by atoms with Crippen molar-refractivity contribution >= 4 is 29.6 Å². The van der Waals surface area contributed by atoms with Crippen LogP contribution >= 0.6 is 0 Å². The Labute approximate surface area is 237 Å². The van der Waals surface area contributed by atoms with Crippen LogP contribution in [0.2, 0.25) is 0 Å². The number of aromatic amines is 4. The third-order valence-electron chi connectivity index (χ3n) is 7.80. The van der Waals surface area contributed by atoms with Gasteiger partial charge in [0.25, 0.3) is 0 Å². The number of benzene rings is 2. The highest BCUT2D eigenvalue weighted by atomic mass is 16.1. The van der Waals surface area contributed by atoms with Crippen molar-refractivity contribution in [1.82, 2.24) is 19.9 Å². The summed E-state index contributed by atoms with van der Waals surface area (Å²) in [6.07, 6.45) is 5.12. The molecule has 2 aromatic carbocycles. The first-order valence-electron chi connectivity index (χ1n) is 13.8. The van der Waals surface area contributed by atoms with E-state index in [0.29, 0.717) is 5.56 Å². The first-order valence-corrected chi connectivity index (χ1v) is 13.8. The molecule has 0 unspecified atom stereocenters. The fraction of sp³-hybridized carbons (Fsp3) is 0.0833. The Bertz CT molecular complexity index is 2170. The number of hydrogen-bond acceptors (Lipinski definition) is 1. The van der Waals surface area contributed by atoms with E-state index in [0.717, 1.165) is 67.2 Å². The molecule has 6 aromatic rings. The zero-order valence-corrected chi connectivity index (χ0v) is 23.2. The molecular weight excluding hydrogens is 504 g/mol. The molecule has 200 valence electrons. The first kappa shape index (κ1) is 24.7. The van der Waals surface area contributed by atoms with E-state index in [2.05, 4.69) is 114 Å². The predicted octanol–water partition coefficient (Wildman–Crippen LogP) is 4.20. The molecule has 0 fully saturated rings. The number of aryl methyl sites for hydroxylation is 3. The highest BCUT2D eigenvalue weighted by Gasteiger charge is 2.17. The summed E-state index contributed by atoms with van der Waals surface area (Å²) in [7, 11) is 0. The van der Waals surface area contributed by atoms with Crippen molar-refractivity contribution in [2.75, 3.05) is 0 Å². The molecule has 4 N–H and O–H groups in total. The van der Waals surface area contributed by atoms with Crippen LogP contribution in [0.4, 0.5) is 0 Å². The number of aldehydes is 1. The van der Waals surface area contributed by atoms with Crippen LogP contribution in [0.15, 0.2) is 84.9 Å². The Kier molecular flexibility index (Phi) is 5.86. The van der Waals surface area contributed by atoms with Crippen LogP contribution in [0.25, 0.3) is 23.3 Å². The number of hydrogen-bond donors (Lipinski definition) is 4. The highest BCUT2D eigenvalue weighted by molar-refractivity contribution is 5.84. The smallest absolute Gasteiger partial charge is 0.150 e. The van der Waals surface area contributed by atoms with E-state index < -0.39 is 0 Å². The lowest BCUT2D eigenvalue weighted by Crippen LogP contribution is -2.17. The molecule has 1 aliphatic rings. The molecule has 4 aromatic heterocycles. The highest BCUT2D eigenvalue weighted by Crippen LogP contribution is 2.29. The van der Waals surface area contributed by atoms with E-state index in [1.165, 1.54) is 22.3 Å². The zero-order chi connectivity index (χ0) is 28.1. The number of fused-ring (bicyclic) bond motifs is 8. The molecule has 0 saturated carbocycles. The van der Waals surface area contributed by atoms with Gasteiger partial charge in [-0.2, -0.15) is 0 Å². The van der Waals surface area contributed by atoms with Crippen LogP contribution in [0.1, 0.15) is 61.0 Å². The average molecular weight is 535 g/mol. The lowest BCUT2D eigenvalue weighted by atomic mass is 9.92. The van der Waals surface area contributed by atoms with Gasteiger partial charge in [-0.05, 0) is 104 Å². The lowest BCUT2D eigenvalue weighted by Gasteiger charge is -2.14. The van der Waals surface area contributed by atoms with Crippen LogP contribution in [0.3, 0.4) is 0 Å². The summed E-state index contributed by atoms with van der Waals surface area (Å²) in [6.45, 7) is 6.52. The molecule has 5 nitrogen and oxygen atoms in total. The summed E-state index contributed by atoms with van der Waals surface area (Å²) < 4.78 is 0. The average Bonchev–Trinajstić information content (AvgIpc) is 3.76. The molecule has 1 aliphatic heterocycles. The molecule has 5 heterocycles. The van der Waals surface area contributed by atoms with Gasteiger partial charge in [-0.1, -0.05) is 42.0 Å². The van der Waals surface area contributed by atoms with Gasteiger partial charge < -0.3 is 19.9 Å². The second-order valence-corrected chi connectivity index (χ2v) is 10.9. The molecule has 0 radical (unpaired) electrons. The molecule has 0 aliphatic carbocycles. The Morgan fingerprint density at radius 1 is 0.561 bits per heavy atom. The molecule has 0 spiro atoms. The Morgan fingerprint density at radius 3 is 1.71 bits per heavy atom. The van der Waals surface area contributed by atoms with Crippen LogP contribution in [-0.2, 0) is 0 Å². The maximum atomic E-state index is 11.4. The Balaban J connectivity index is 1.58. The number of nitrogens with one attached hydrogen (secondary N) is 4. The summed E-state index contributed by atoms with van der Waals surface area (Å²) in [6, 6.07) is 29.2. The summed E-state index contributed by atoms with van der Waals surface area (Å²) in [5.74, 6) is 0. The fourth-order valence-electron chi connectivity index (χ4n) is 6.08. The second-order valence-electron chi connectivity index (χ2n) is 10.9. The van der Waals surface area contributed by atoms with E-state index in [-0.39, 0.29) is 0 Å². The van der Waals surface area contributed by atoms with E-state index in [1.54, 1.807) is 0 Å². The van der Waals surface area contributed by atoms with Crippen molar-refractivity contribution in [3.8, 4) is 0 Å². The van der Waals surface area contributed by atoms with Gasteiger partial charge >= 0.3 is 0 Å². The number of carbonyl (C=O) groups excluding carboxylic acids is 1. The summed E-state index contributed by atoms with van der Waals surface area (Å²) in [5, 5.41) is 4.05. The number of aromatic nitrogens is 4. The quantitative estimate of drug-likeness (QED) is 0.252. The van der Waals surface area contributed by atoms with Gasteiger partial charge in [-0.3, -0.25) is 4.79 Å². The maximum Gasteiger partial charge on any atom is 0.150 e. The van der Waals surface area contributed by atoms with Crippen molar-refractivity contribution in [1.29, 1.82) is 0 Å². The maximum absolute atomic E-state index is 11.4. The van der Waals surface area contributed by atoms with Crippen LogP contribution in [0.5, 0.6) is 0 Å². The molecule has 5 heteroatoms. The SMILES string of the molecule is Cc1cc(C)c(C2=c3ccc([nH]3)=Cc3ccc([nH]3)C=c3ccc([nH]3)=C(c3ccc(C=O)cc3)c3ccc2[nH]3)c(C)c1. The lowest BCUT2D eigenvalue weighted by molar-refractivity contribution is 0.112. The topological polar surface area (TPSA) is 80.2 Å². The summed E-state index contributed by atoms with van der Waals surface area (Å²) in [4.78, 5) is 26.0. The van der Waals surface area contributed by atoms with Gasteiger partial charge in [-0.25, -0.2) is 0 Å². The Hall–Kier alpha value is -5.29. The molecular formula is C36H30N4O. The van der Waals surface area contributed by atoms with Gasteiger partial charge in [0.15, 0.2) is 0 Å². The summed E-state index contributed by atoms with van der Waals surface area (Å²) >= 11 is 0. The van der Waals surface area contributed by atoms with E-state index in [9.17, 15) is 4.79 Å². The largest absolute Gasteiger partial charge is 0.355 e. The summed E-state index contributed by atoms with van der Waals surface area (Å²) in [5.41, 5.74) is 12.8. The van der Waals surface area contributed by atoms with Crippen molar-refractivity contribution in [3.05, 3.63) is 162 Å². The van der Waals surface area contributed by atoms with Gasteiger partial charge in [0.1, 0.15) is 6.29 Å². The third kappa shape index (κ3) is 4.51. The zero-order valence-electron chi connectivity index (χ0n) is 23.2. The fourth-order valence-corrected chi connectivity index (χ4v) is 6.08. The van der Waals surface area contributed by atoms with Gasteiger partial charge in [0.05, 0.1) is 0 Å². The minimum absolute atomic E-state index is 0.651. The predicted molar refractivity (Wildman–Crippen MR) is 165 cm³/mol. The Morgan fingerprint density at radius 2 is 1.12 bits per heavy atom. The molecule has 0 saturated heterocycles. The van der Waals surface area contributed by atoms with Crippen molar-refractivity contribution in [2.24, 2.45) is 0 Å². The van der Waals surface area contributed by atoms with Gasteiger partial charge in [0, 0.05) is 60.9 Å². The van der Waals surface area contributed by atoms with Gasteiger partial charge in [0.2, 0.25) is 0 Å². The standard InChI is InChI=1S/C36H30N4O/c1-21-16-22(2)34(23(3)17-21)36-32-13-11-29(39-32)19-27-9-8-26(37-27)18-28-10-12-30(38-28)35(31-14-15-33(36)40-31)25-6-4-24(20-41)5-7-25/h4-20,37-40H,1-3H3. The van der Waals surface area contributed by atoms with Crippen LogP contribution in [0, 0.1) is 20.8 Å². The molecule has 7 rings (SSSR count). The minimum atomic E-state index is 0.651. The van der Waals surface area contributed by atoms with Crippen LogP contribution < -0.4 is 21.4 Å². The minimum Gasteiger partial charge on any atom is -0.355 e. The second kappa shape index (κ2) is 9.72. The molecule has 41 heavy (non-hydrogen) atoms. The van der Waals surface area contributed by atoms with Crippen molar-refractivity contribution in [2.45, 2.75) is 20.8 Å². The van der Waals surface area contributed by atoms with Crippen molar-refractivity contribution < 1.29 is 4.79 Å². The van der Waals surface area contributed by atoms with Crippen molar-refractivity contribution in [3.63, 3.8) is 0 Å². The third-order valence-corrected chi connectivity index (χ3v) is 7.80. The normalized spacial score (nSPS) is 12.7. The molecule has 0 atom stereocenters. The number of carbonyl (C=O) groups is 1. The molecule has 8 bridgehead atoms. The van der Waals surface area contributed by atoms with E-state index in [1.807, 2.05) is 24.3 Å². The number of H-pyrrole nitrogens is 4. The van der Waals surface area contributed by atoms with Crippen LogP contribution in [-0.4, -0.2) is 26.2 Å². The van der Waals surface area contributed by atoms with Gasteiger partial charge in [-0.15, -0.1) is 0 Å².